The summed E-state index contributed by atoms with van der Waals surface area (Å²) in [5, 5.41) is 20.8. The average molecular weight is 272 g/mol. The van der Waals surface area contributed by atoms with Gasteiger partial charge in [0.2, 0.25) is 0 Å². The first-order valence-corrected chi connectivity index (χ1v) is 6.74. The number of carboxylic acid groups (broad SMARTS) is 1. The highest BCUT2D eigenvalue weighted by atomic mass is 16.4. The van der Waals surface area contributed by atoms with E-state index in [9.17, 15) is 15.0 Å². The fourth-order valence-electron chi connectivity index (χ4n) is 2.81. The number of aliphatic carboxylic acids is 1. The predicted molar refractivity (Wildman–Crippen MR) is 76.0 cm³/mol. The number of nitrogens with zero attached hydrogens (tertiary/aromatic N) is 2. The van der Waals surface area contributed by atoms with Crippen molar-refractivity contribution < 1.29 is 15.0 Å². The van der Waals surface area contributed by atoms with Gasteiger partial charge in [-0.2, -0.15) is 0 Å². The molecule has 104 valence electrons. The highest BCUT2D eigenvalue weighted by Crippen LogP contribution is 2.31. The summed E-state index contributed by atoms with van der Waals surface area (Å²) in [6.45, 7) is 0.679. The summed E-state index contributed by atoms with van der Waals surface area (Å²) in [7, 11) is 0. The van der Waals surface area contributed by atoms with Crippen molar-refractivity contribution in [1.29, 1.82) is 0 Å². The molecule has 1 unspecified atom stereocenters. The monoisotopic (exact) mass is 272 g/mol. The molecule has 1 aliphatic heterocycles. The Balaban J connectivity index is 2.12. The van der Waals surface area contributed by atoms with Crippen LogP contribution in [0.4, 0.5) is 5.82 Å². The lowest BCUT2D eigenvalue weighted by molar-refractivity contribution is -0.139. The van der Waals surface area contributed by atoms with Gasteiger partial charge >= 0.3 is 5.97 Å². The molecule has 5 nitrogen and oxygen atoms in total. The number of hydrogen-bond acceptors (Lipinski definition) is 4. The number of fused-ring (bicyclic) bond motifs is 1. The molecule has 1 atom stereocenters. The van der Waals surface area contributed by atoms with Gasteiger partial charge in [0.1, 0.15) is 17.6 Å². The van der Waals surface area contributed by atoms with Crippen LogP contribution in [0.25, 0.3) is 10.8 Å². The van der Waals surface area contributed by atoms with E-state index < -0.39 is 12.0 Å². The predicted octanol–water partition coefficient (Wildman–Crippen LogP) is 2.38. The van der Waals surface area contributed by atoms with Crippen LogP contribution in [0.1, 0.15) is 19.3 Å². The number of phenolic OH excluding ortho intramolecular Hbond substituents is 1. The van der Waals surface area contributed by atoms with Gasteiger partial charge in [-0.15, -0.1) is 0 Å². The minimum Gasteiger partial charge on any atom is -0.508 e. The van der Waals surface area contributed by atoms with Crippen LogP contribution in [0.15, 0.2) is 30.5 Å². The Kier molecular flexibility index (Phi) is 3.18. The van der Waals surface area contributed by atoms with Gasteiger partial charge < -0.3 is 15.1 Å². The minimum atomic E-state index is -0.816. The Morgan fingerprint density at radius 1 is 1.30 bits per heavy atom. The largest absolute Gasteiger partial charge is 0.508 e. The number of hydrogen-bond donors (Lipinski definition) is 2. The third-order valence-corrected chi connectivity index (χ3v) is 3.79. The van der Waals surface area contributed by atoms with Crippen molar-refractivity contribution in [2.45, 2.75) is 25.3 Å². The van der Waals surface area contributed by atoms with Gasteiger partial charge in [-0.1, -0.05) is 6.07 Å². The molecule has 1 fully saturated rings. The van der Waals surface area contributed by atoms with E-state index in [0.29, 0.717) is 18.8 Å². The number of aromatic nitrogens is 1. The number of benzene rings is 1. The summed E-state index contributed by atoms with van der Waals surface area (Å²) in [6.07, 6.45) is 4.19. The molecule has 20 heavy (non-hydrogen) atoms. The van der Waals surface area contributed by atoms with Crippen LogP contribution in [0.3, 0.4) is 0 Å². The Morgan fingerprint density at radius 3 is 2.95 bits per heavy atom. The quantitative estimate of drug-likeness (QED) is 0.878. The van der Waals surface area contributed by atoms with Gasteiger partial charge in [0.15, 0.2) is 0 Å². The van der Waals surface area contributed by atoms with E-state index >= 15 is 0 Å². The maximum absolute atomic E-state index is 11.4. The fourth-order valence-corrected chi connectivity index (χ4v) is 2.81. The number of aromatic hydroxyl groups is 1. The molecular weight excluding hydrogens is 256 g/mol. The second-order valence-electron chi connectivity index (χ2n) is 5.08. The van der Waals surface area contributed by atoms with E-state index in [0.717, 1.165) is 23.6 Å². The molecular formula is C15H16N2O3. The first kappa shape index (κ1) is 12.7. The van der Waals surface area contributed by atoms with Gasteiger partial charge in [0.25, 0.3) is 0 Å². The Hall–Kier alpha value is -2.30. The highest BCUT2D eigenvalue weighted by molar-refractivity contribution is 5.94. The molecule has 0 saturated carbocycles. The summed E-state index contributed by atoms with van der Waals surface area (Å²) in [5.41, 5.74) is 0. The number of carbonyl (C=O) groups is 1. The molecule has 0 aliphatic carbocycles. The number of carboxylic acids is 1. The lowest BCUT2D eigenvalue weighted by Crippen LogP contribution is -2.45. The van der Waals surface area contributed by atoms with E-state index in [1.807, 2.05) is 17.0 Å². The van der Waals surface area contributed by atoms with Crippen LogP contribution in [-0.2, 0) is 4.79 Å². The van der Waals surface area contributed by atoms with E-state index in [-0.39, 0.29) is 5.75 Å². The zero-order chi connectivity index (χ0) is 14.1. The van der Waals surface area contributed by atoms with Gasteiger partial charge in [-0.3, -0.25) is 0 Å². The van der Waals surface area contributed by atoms with Gasteiger partial charge in [-0.25, -0.2) is 9.78 Å². The van der Waals surface area contributed by atoms with Crippen molar-refractivity contribution >= 4 is 22.6 Å². The topological polar surface area (TPSA) is 73.7 Å². The SMILES string of the molecule is O=C(O)C1CCCCN1c1nccc2ccc(O)cc12. The van der Waals surface area contributed by atoms with E-state index in [1.165, 1.54) is 0 Å². The van der Waals surface area contributed by atoms with Crippen LogP contribution in [0.2, 0.25) is 0 Å². The van der Waals surface area contributed by atoms with Crippen molar-refractivity contribution in [3.8, 4) is 5.75 Å². The molecule has 1 aromatic carbocycles. The van der Waals surface area contributed by atoms with Crippen LogP contribution < -0.4 is 4.90 Å². The molecule has 1 aliphatic rings. The summed E-state index contributed by atoms with van der Waals surface area (Å²) in [6, 6.07) is 6.40. The first-order chi connectivity index (χ1) is 9.66. The maximum Gasteiger partial charge on any atom is 0.326 e. The van der Waals surface area contributed by atoms with Crippen molar-refractivity contribution in [2.75, 3.05) is 11.4 Å². The molecule has 0 radical (unpaired) electrons. The molecule has 2 N–H and O–H groups in total. The lowest BCUT2D eigenvalue weighted by atomic mass is 10.0. The van der Waals surface area contributed by atoms with Gasteiger partial charge in [0, 0.05) is 18.1 Å². The molecule has 5 heteroatoms. The number of piperidine rings is 1. The van der Waals surface area contributed by atoms with Crippen molar-refractivity contribution in [3.05, 3.63) is 30.5 Å². The first-order valence-electron chi connectivity index (χ1n) is 6.74. The number of phenols is 1. The van der Waals surface area contributed by atoms with Crippen molar-refractivity contribution in [2.24, 2.45) is 0 Å². The van der Waals surface area contributed by atoms with E-state index in [2.05, 4.69) is 4.98 Å². The normalized spacial score (nSPS) is 19.2. The number of rotatable bonds is 2. The van der Waals surface area contributed by atoms with Gasteiger partial charge in [0.05, 0.1) is 0 Å². The maximum atomic E-state index is 11.4. The zero-order valence-corrected chi connectivity index (χ0v) is 11.0. The van der Waals surface area contributed by atoms with E-state index in [1.54, 1.807) is 18.3 Å². The van der Waals surface area contributed by atoms with Crippen molar-refractivity contribution in [3.63, 3.8) is 0 Å². The third kappa shape index (κ3) is 2.15. The van der Waals surface area contributed by atoms with Crippen LogP contribution in [-0.4, -0.2) is 33.8 Å². The average Bonchev–Trinajstić information content (AvgIpc) is 2.46. The molecule has 3 rings (SSSR count). The zero-order valence-electron chi connectivity index (χ0n) is 11.0. The summed E-state index contributed by atoms with van der Waals surface area (Å²) >= 11 is 0. The molecule has 0 amide bonds. The lowest BCUT2D eigenvalue weighted by Gasteiger charge is -2.34. The molecule has 0 bridgehead atoms. The molecule has 1 aromatic heterocycles. The molecule has 2 heterocycles. The Bertz CT molecular complexity index is 657. The van der Waals surface area contributed by atoms with Crippen LogP contribution in [0, 0.1) is 0 Å². The Morgan fingerprint density at radius 2 is 2.15 bits per heavy atom. The Labute approximate surface area is 116 Å². The molecule has 2 aromatic rings. The third-order valence-electron chi connectivity index (χ3n) is 3.79. The molecule has 0 spiro atoms. The number of pyridine rings is 1. The van der Waals surface area contributed by atoms with Gasteiger partial charge in [-0.05, 0) is 42.8 Å². The summed E-state index contributed by atoms with van der Waals surface area (Å²) in [5.74, 6) is -0.00945. The summed E-state index contributed by atoms with van der Waals surface area (Å²) < 4.78 is 0. The van der Waals surface area contributed by atoms with Crippen LogP contribution >= 0.6 is 0 Å². The summed E-state index contributed by atoms with van der Waals surface area (Å²) in [4.78, 5) is 17.6. The highest BCUT2D eigenvalue weighted by Gasteiger charge is 2.30. The minimum absolute atomic E-state index is 0.163. The van der Waals surface area contributed by atoms with Crippen molar-refractivity contribution in [1.82, 2.24) is 4.98 Å². The second-order valence-corrected chi connectivity index (χ2v) is 5.08. The fraction of sp³-hybridized carbons (Fsp3) is 0.333. The smallest absolute Gasteiger partial charge is 0.326 e. The molecule has 1 saturated heterocycles. The number of anilines is 1. The standard InChI is InChI=1S/C15H16N2O3/c18-11-5-4-10-6-7-16-14(12(10)9-11)17-8-2-1-3-13(17)15(19)20/h4-7,9,13,18H,1-3,8H2,(H,19,20). The van der Waals surface area contributed by atoms with E-state index in [4.69, 9.17) is 0 Å². The van der Waals surface area contributed by atoms with Crippen LogP contribution in [0.5, 0.6) is 5.75 Å². The second kappa shape index (κ2) is 5.00.